The Morgan fingerprint density at radius 1 is 0.921 bits per heavy atom. The van der Waals surface area contributed by atoms with E-state index in [1.54, 1.807) is 35.2 Å². The van der Waals surface area contributed by atoms with Gasteiger partial charge in [-0.2, -0.15) is 5.10 Å². The predicted octanol–water partition coefficient (Wildman–Crippen LogP) is 6.59. The Bertz CT molecular complexity index is 1540. The number of benzene rings is 4. The molecule has 1 aliphatic heterocycles. The van der Waals surface area contributed by atoms with E-state index in [9.17, 15) is 19.8 Å². The Morgan fingerprint density at radius 3 is 2.42 bits per heavy atom. The first-order chi connectivity index (χ1) is 18.5. The molecule has 0 radical (unpaired) electrons. The van der Waals surface area contributed by atoms with E-state index in [0.717, 1.165) is 30.6 Å². The van der Waals surface area contributed by atoms with Gasteiger partial charge in [-0.05, 0) is 60.4 Å². The Balaban J connectivity index is 1.45. The van der Waals surface area contributed by atoms with Gasteiger partial charge in [0.25, 0.3) is 5.91 Å². The van der Waals surface area contributed by atoms with Crippen LogP contribution in [0.1, 0.15) is 41.3 Å². The van der Waals surface area contributed by atoms with E-state index >= 15 is 0 Å². The number of aryl methyl sites for hydroxylation is 1. The number of phenolic OH excluding ortho intramolecular Hbond substituents is 1. The lowest BCUT2D eigenvalue weighted by atomic mass is 10.0. The standard InChI is InChI=1S/C31H27N3O4/c1-2-3-8-20-15-17-23(18-16-20)34-27-14-5-4-11-25(27)28(30(34)36)33-32-26-13-7-12-24(29(26)35)21-9-6-10-22(19-21)31(37)38/h4-7,9-19,32,35H,2-3,8H2,1H3,(H,37,38)/b33-28-. The molecule has 5 rings (SSSR count). The lowest BCUT2D eigenvalue weighted by Gasteiger charge is -2.17. The first kappa shape index (κ1) is 24.8. The van der Waals surface area contributed by atoms with Gasteiger partial charge in [0.15, 0.2) is 5.71 Å². The molecule has 0 atom stereocenters. The molecule has 0 aliphatic carbocycles. The number of aromatic hydroxyl groups is 1. The number of hydrogen-bond acceptors (Lipinski definition) is 5. The first-order valence-electron chi connectivity index (χ1n) is 12.5. The monoisotopic (exact) mass is 505 g/mol. The normalized spacial score (nSPS) is 13.6. The molecule has 7 heteroatoms. The number of anilines is 3. The lowest BCUT2D eigenvalue weighted by Crippen LogP contribution is -2.26. The van der Waals surface area contributed by atoms with Crippen LogP contribution >= 0.6 is 0 Å². The molecular formula is C31H27N3O4. The Kier molecular flexibility index (Phi) is 6.91. The van der Waals surface area contributed by atoms with Crippen molar-refractivity contribution >= 4 is 34.7 Å². The second-order valence-electron chi connectivity index (χ2n) is 9.09. The number of phenols is 1. The highest BCUT2D eigenvalue weighted by atomic mass is 16.4. The van der Waals surface area contributed by atoms with Crippen molar-refractivity contribution in [1.82, 2.24) is 0 Å². The van der Waals surface area contributed by atoms with Crippen LogP contribution in [0.25, 0.3) is 11.1 Å². The third-order valence-corrected chi connectivity index (χ3v) is 6.56. The number of hydrogen-bond donors (Lipinski definition) is 3. The summed E-state index contributed by atoms with van der Waals surface area (Å²) in [6.45, 7) is 2.16. The molecule has 0 saturated heterocycles. The van der Waals surface area contributed by atoms with Gasteiger partial charge in [0.05, 0.1) is 16.9 Å². The maximum Gasteiger partial charge on any atom is 0.335 e. The van der Waals surface area contributed by atoms with Crippen molar-refractivity contribution in [2.45, 2.75) is 26.2 Å². The van der Waals surface area contributed by atoms with Crippen molar-refractivity contribution in [1.29, 1.82) is 0 Å². The van der Waals surface area contributed by atoms with Crippen LogP contribution in [0.3, 0.4) is 0 Å². The molecule has 0 unspecified atom stereocenters. The van der Waals surface area contributed by atoms with E-state index in [4.69, 9.17) is 0 Å². The van der Waals surface area contributed by atoms with Gasteiger partial charge >= 0.3 is 5.97 Å². The lowest BCUT2D eigenvalue weighted by molar-refractivity contribution is -0.111. The summed E-state index contributed by atoms with van der Waals surface area (Å²) in [6, 6.07) is 26.9. The molecular weight excluding hydrogens is 478 g/mol. The summed E-state index contributed by atoms with van der Waals surface area (Å²) >= 11 is 0. The zero-order valence-corrected chi connectivity index (χ0v) is 20.9. The van der Waals surface area contributed by atoms with Crippen LogP contribution in [0.4, 0.5) is 17.1 Å². The number of para-hydroxylation sites is 2. The molecule has 3 N–H and O–H groups in total. The third kappa shape index (κ3) is 4.74. The van der Waals surface area contributed by atoms with Gasteiger partial charge in [0.1, 0.15) is 5.75 Å². The van der Waals surface area contributed by atoms with Crippen LogP contribution in [0.2, 0.25) is 0 Å². The number of carboxylic acid groups (broad SMARTS) is 1. The number of carbonyl (C=O) groups is 2. The van der Waals surface area contributed by atoms with E-state index in [0.29, 0.717) is 22.4 Å². The fourth-order valence-electron chi connectivity index (χ4n) is 4.56. The Morgan fingerprint density at radius 2 is 1.66 bits per heavy atom. The van der Waals surface area contributed by atoms with Crippen molar-refractivity contribution in [3.8, 4) is 16.9 Å². The van der Waals surface area contributed by atoms with Crippen molar-refractivity contribution in [2.75, 3.05) is 10.3 Å². The van der Waals surface area contributed by atoms with Crippen molar-refractivity contribution in [2.24, 2.45) is 5.10 Å². The van der Waals surface area contributed by atoms with E-state index in [1.807, 2.05) is 36.4 Å². The molecule has 0 fully saturated rings. The van der Waals surface area contributed by atoms with Crippen molar-refractivity contribution in [3.63, 3.8) is 0 Å². The molecule has 7 nitrogen and oxygen atoms in total. The number of amides is 1. The van der Waals surface area contributed by atoms with Gasteiger partial charge in [-0.15, -0.1) is 0 Å². The van der Waals surface area contributed by atoms with E-state index in [1.165, 1.54) is 17.7 Å². The topological polar surface area (TPSA) is 102 Å². The summed E-state index contributed by atoms with van der Waals surface area (Å²) in [7, 11) is 0. The van der Waals surface area contributed by atoms with Crippen LogP contribution in [0.15, 0.2) is 96.1 Å². The molecule has 190 valence electrons. The van der Waals surface area contributed by atoms with Crippen LogP contribution in [-0.2, 0) is 11.2 Å². The van der Waals surface area contributed by atoms with Gasteiger partial charge in [0.2, 0.25) is 0 Å². The molecule has 1 aliphatic rings. The van der Waals surface area contributed by atoms with Crippen LogP contribution in [0, 0.1) is 0 Å². The quantitative estimate of drug-likeness (QED) is 0.185. The minimum atomic E-state index is -1.05. The average molecular weight is 506 g/mol. The fraction of sp³-hybridized carbons (Fsp3) is 0.129. The number of nitrogens with one attached hydrogen (secondary N) is 1. The Hall–Kier alpha value is -4.91. The van der Waals surface area contributed by atoms with Gasteiger partial charge < -0.3 is 10.2 Å². The minimum absolute atomic E-state index is 0.0994. The molecule has 1 heterocycles. The second kappa shape index (κ2) is 10.6. The highest BCUT2D eigenvalue weighted by Crippen LogP contribution is 2.38. The number of unbranched alkanes of at least 4 members (excludes halogenated alkanes) is 1. The zero-order valence-electron chi connectivity index (χ0n) is 20.9. The fourth-order valence-corrected chi connectivity index (χ4v) is 4.56. The number of hydrazone groups is 1. The number of carbonyl (C=O) groups excluding carboxylic acids is 1. The molecule has 0 bridgehead atoms. The second-order valence-corrected chi connectivity index (χ2v) is 9.09. The summed E-state index contributed by atoms with van der Waals surface area (Å²) in [5.74, 6) is -1.42. The van der Waals surface area contributed by atoms with Gasteiger partial charge in [-0.1, -0.05) is 67.9 Å². The SMILES string of the molecule is CCCCc1ccc(N2C(=O)/C(=N\Nc3cccc(-c4cccc(C(=O)O)c4)c3O)c3ccccc32)cc1. The third-order valence-electron chi connectivity index (χ3n) is 6.56. The number of aromatic carboxylic acids is 1. The molecule has 4 aromatic rings. The molecule has 1 amide bonds. The highest BCUT2D eigenvalue weighted by Gasteiger charge is 2.35. The molecule has 38 heavy (non-hydrogen) atoms. The van der Waals surface area contributed by atoms with Gasteiger partial charge in [-0.3, -0.25) is 15.1 Å². The predicted molar refractivity (Wildman–Crippen MR) is 149 cm³/mol. The summed E-state index contributed by atoms with van der Waals surface area (Å²) in [6.07, 6.45) is 3.24. The first-order valence-corrected chi connectivity index (χ1v) is 12.5. The number of nitrogens with zero attached hydrogens (tertiary/aromatic N) is 2. The number of rotatable bonds is 8. The number of fused-ring (bicyclic) bond motifs is 1. The van der Waals surface area contributed by atoms with E-state index in [-0.39, 0.29) is 22.9 Å². The summed E-state index contributed by atoms with van der Waals surface area (Å²) in [5.41, 5.74) is 7.90. The molecule has 0 aromatic heterocycles. The van der Waals surface area contributed by atoms with E-state index < -0.39 is 5.97 Å². The van der Waals surface area contributed by atoms with E-state index in [2.05, 4.69) is 29.6 Å². The van der Waals surface area contributed by atoms with Crippen LogP contribution in [0.5, 0.6) is 5.75 Å². The largest absolute Gasteiger partial charge is 0.505 e. The zero-order chi connectivity index (χ0) is 26.6. The molecule has 4 aromatic carbocycles. The molecule has 0 saturated carbocycles. The maximum atomic E-state index is 13.6. The average Bonchev–Trinajstić information content (AvgIpc) is 3.22. The van der Waals surface area contributed by atoms with Crippen LogP contribution in [-0.4, -0.2) is 27.8 Å². The minimum Gasteiger partial charge on any atom is -0.505 e. The maximum absolute atomic E-state index is 13.6. The van der Waals surface area contributed by atoms with Gasteiger partial charge in [0, 0.05) is 16.8 Å². The van der Waals surface area contributed by atoms with Gasteiger partial charge in [-0.25, -0.2) is 4.79 Å². The van der Waals surface area contributed by atoms with Crippen LogP contribution < -0.4 is 10.3 Å². The summed E-state index contributed by atoms with van der Waals surface area (Å²) < 4.78 is 0. The van der Waals surface area contributed by atoms with Crippen molar-refractivity contribution in [3.05, 3.63) is 108 Å². The summed E-state index contributed by atoms with van der Waals surface area (Å²) in [4.78, 5) is 26.6. The summed E-state index contributed by atoms with van der Waals surface area (Å²) in [5, 5.41) is 24.7. The Labute approximate surface area is 220 Å². The molecule has 0 spiro atoms. The number of carboxylic acids is 1. The smallest absolute Gasteiger partial charge is 0.335 e. The van der Waals surface area contributed by atoms with Crippen molar-refractivity contribution < 1.29 is 19.8 Å². The highest BCUT2D eigenvalue weighted by molar-refractivity contribution is 6.55.